The molecule has 2 aromatic carbocycles. The summed E-state index contributed by atoms with van der Waals surface area (Å²) in [6, 6.07) is 10.6. The molecule has 0 fully saturated rings. The summed E-state index contributed by atoms with van der Waals surface area (Å²) in [6.07, 6.45) is 1.45. The molecule has 7 heteroatoms. The van der Waals surface area contributed by atoms with Crippen LogP contribution >= 0.6 is 0 Å². The van der Waals surface area contributed by atoms with Gasteiger partial charge in [0.15, 0.2) is 18.1 Å². The molecule has 1 N–H and O–H groups in total. The van der Waals surface area contributed by atoms with Gasteiger partial charge in [-0.25, -0.2) is 5.43 Å². The average Bonchev–Trinajstić information content (AvgIpc) is 2.61. The molecule has 0 bridgehead atoms. The highest BCUT2D eigenvalue weighted by atomic mass is 16.6. The van der Waals surface area contributed by atoms with Gasteiger partial charge in [-0.1, -0.05) is 17.7 Å². The van der Waals surface area contributed by atoms with Gasteiger partial charge in [0.25, 0.3) is 5.91 Å². The predicted octanol–water partition coefficient (Wildman–Crippen LogP) is 2.77. The van der Waals surface area contributed by atoms with Crippen molar-refractivity contribution in [3.8, 4) is 17.2 Å². The van der Waals surface area contributed by atoms with Crippen molar-refractivity contribution in [3.63, 3.8) is 0 Å². The van der Waals surface area contributed by atoms with Gasteiger partial charge < -0.3 is 14.2 Å². The normalized spacial score (nSPS) is 10.5. The third kappa shape index (κ3) is 6.14. The number of nitrogens with one attached hydrogen (secondary N) is 1. The summed E-state index contributed by atoms with van der Waals surface area (Å²) < 4.78 is 15.7. The Kier molecular flexibility index (Phi) is 6.93. The number of hydrazone groups is 1. The number of benzene rings is 2. The topological polar surface area (TPSA) is 86.2 Å². The highest BCUT2D eigenvalue weighted by Crippen LogP contribution is 2.27. The Hall–Kier alpha value is -3.35. The van der Waals surface area contributed by atoms with Crippen LogP contribution in [0.5, 0.6) is 17.2 Å². The number of nitrogens with zero attached hydrogens (tertiary/aromatic N) is 1. The molecule has 27 heavy (non-hydrogen) atoms. The van der Waals surface area contributed by atoms with Crippen LogP contribution in [0.4, 0.5) is 0 Å². The first-order chi connectivity index (χ1) is 12.9. The summed E-state index contributed by atoms with van der Waals surface area (Å²) in [5.41, 5.74) is 5.15. The zero-order valence-corrected chi connectivity index (χ0v) is 15.7. The number of carbonyl (C=O) groups is 2. The first-order valence-corrected chi connectivity index (χ1v) is 8.27. The maximum Gasteiger partial charge on any atom is 0.308 e. The lowest BCUT2D eigenvalue weighted by Gasteiger charge is -2.09. The molecule has 0 aliphatic rings. The maximum absolute atomic E-state index is 11.9. The molecule has 0 atom stereocenters. The fourth-order valence-electron chi connectivity index (χ4n) is 2.32. The SMILES string of the molecule is COc1cc(C=NNC(=O)COc2ccc(C)cc2C)ccc1OC(C)=O. The Morgan fingerprint density at radius 3 is 2.48 bits per heavy atom. The molecule has 0 aromatic heterocycles. The summed E-state index contributed by atoms with van der Waals surface area (Å²) in [5, 5.41) is 3.89. The first kappa shape index (κ1) is 20.0. The smallest absolute Gasteiger partial charge is 0.308 e. The van der Waals surface area contributed by atoms with E-state index in [1.165, 1.54) is 20.2 Å². The van der Waals surface area contributed by atoms with E-state index in [1.807, 2.05) is 32.0 Å². The number of rotatable bonds is 7. The van der Waals surface area contributed by atoms with E-state index < -0.39 is 5.97 Å². The summed E-state index contributed by atoms with van der Waals surface area (Å²) in [6.45, 7) is 5.08. The second-order valence-corrected chi connectivity index (χ2v) is 5.85. The van der Waals surface area contributed by atoms with Gasteiger partial charge >= 0.3 is 5.97 Å². The van der Waals surface area contributed by atoms with E-state index in [9.17, 15) is 9.59 Å². The lowest BCUT2D eigenvalue weighted by molar-refractivity contribution is -0.132. The number of hydrogen-bond acceptors (Lipinski definition) is 6. The molecule has 0 aliphatic heterocycles. The number of amides is 1. The van der Waals surface area contributed by atoms with Crippen molar-refractivity contribution < 1.29 is 23.8 Å². The summed E-state index contributed by atoms with van der Waals surface area (Å²) >= 11 is 0. The van der Waals surface area contributed by atoms with E-state index >= 15 is 0 Å². The van der Waals surface area contributed by atoms with Gasteiger partial charge in [-0.3, -0.25) is 9.59 Å². The molecule has 7 nitrogen and oxygen atoms in total. The van der Waals surface area contributed by atoms with Crippen LogP contribution in [0, 0.1) is 13.8 Å². The van der Waals surface area contributed by atoms with Crippen LogP contribution in [0.3, 0.4) is 0 Å². The van der Waals surface area contributed by atoms with Crippen molar-refractivity contribution in [3.05, 3.63) is 53.1 Å². The van der Waals surface area contributed by atoms with Crippen molar-refractivity contribution in [1.82, 2.24) is 5.43 Å². The quantitative estimate of drug-likeness (QED) is 0.351. The molecule has 0 unspecified atom stereocenters. The molecule has 0 saturated heterocycles. The average molecular weight is 370 g/mol. The van der Waals surface area contributed by atoms with Crippen molar-refractivity contribution >= 4 is 18.1 Å². The summed E-state index contributed by atoms with van der Waals surface area (Å²) in [7, 11) is 1.47. The van der Waals surface area contributed by atoms with Crippen molar-refractivity contribution in [2.24, 2.45) is 5.10 Å². The van der Waals surface area contributed by atoms with Crippen LogP contribution in [0.25, 0.3) is 0 Å². The molecule has 1 amide bonds. The van der Waals surface area contributed by atoms with Gasteiger partial charge in [-0.05, 0) is 49.2 Å². The number of ether oxygens (including phenoxy) is 3. The first-order valence-electron chi connectivity index (χ1n) is 8.27. The van der Waals surface area contributed by atoms with Crippen LogP contribution in [-0.2, 0) is 9.59 Å². The molecule has 0 heterocycles. The van der Waals surface area contributed by atoms with Crippen molar-refractivity contribution in [1.29, 1.82) is 0 Å². The largest absolute Gasteiger partial charge is 0.493 e. The number of carbonyl (C=O) groups excluding carboxylic acids is 2. The molecule has 2 rings (SSSR count). The van der Waals surface area contributed by atoms with E-state index in [4.69, 9.17) is 14.2 Å². The molecule has 142 valence electrons. The van der Waals surface area contributed by atoms with Gasteiger partial charge in [-0.2, -0.15) is 5.10 Å². The Labute approximate surface area is 157 Å². The highest BCUT2D eigenvalue weighted by molar-refractivity contribution is 5.84. The zero-order chi connectivity index (χ0) is 19.8. The molecule has 0 aliphatic carbocycles. The fourth-order valence-corrected chi connectivity index (χ4v) is 2.32. The van der Waals surface area contributed by atoms with E-state index in [0.717, 1.165) is 11.1 Å². The van der Waals surface area contributed by atoms with E-state index in [-0.39, 0.29) is 12.5 Å². The Balaban J connectivity index is 1.90. The van der Waals surface area contributed by atoms with Crippen molar-refractivity contribution in [2.75, 3.05) is 13.7 Å². The molecule has 2 aromatic rings. The van der Waals surface area contributed by atoms with E-state index in [1.54, 1.807) is 18.2 Å². The minimum Gasteiger partial charge on any atom is -0.493 e. The fraction of sp³-hybridized carbons (Fsp3) is 0.250. The molecule has 0 radical (unpaired) electrons. The van der Waals surface area contributed by atoms with Crippen LogP contribution < -0.4 is 19.6 Å². The van der Waals surface area contributed by atoms with Crippen LogP contribution in [0.2, 0.25) is 0 Å². The number of esters is 1. The minimum absolute atomic E-state index is 0.143. The van der Waals surface area contributed by atoms with Gasteiger partial charge in [0, 0.05) is 6.92 Å². The van der Waals surface area contributed by atoms with E-state index in [2.05, 4.69) is 10.5 Å². The molecule has 0 spiro atoms. The lowest BCUT2D eigenvalue weighted by Crippen LogP contribution is -2.24. The van der Waals surface area contributed by atoms with Gasteiger partial charge in [-0.15, -0.1) is 0 Å². The molecular weight excluding hydrogens is 348 g/mol. The van der Waals surface area contributed by atoms with Crippen LogP contribution in [0.15, 0.2) is 41.5 Å². The highest BCUT2D eigenvalue weighted by Gasteiger charge is 2.08. The molecular formula is C20H22N2O5. The summed E-state index contributed by atoms with van der Waals surface area (Å²) in [4.78, 5) is 22.9. The van der Waals surface area contributed by atoms with Gasteiger partial charge in [0.05, 0.1) is 13.3 Å². The standard InChI is InChI=1S/C20H22N2O5/c1-13-5-7-17(14(2)9-13)26-12-20(24)22-21-11-16-6-8-18(27-15(3)23)19(10-16)25-4/h5-11H,12H2,1-4H3,(H,22,24). The Morgan fingerprint density at radius 1 is 1.07 bits per heavy atom. The summed E-state index contributed by atoms with van der Waals surface area (Å²) in [5.74, 6) is 0.540. The zero-order valence-electron chi connectivity index (χ0n) is 15.7. The van der Waals surface area contributed by atoms with E-state index in [0.29, 0.717) is 22.8 Å². The lowest BCUT2D eigenvalue weighted by atomic mass is 10.1. The number of methoxy groups -OCH3 is 1. The molecule has 0 saturated carbocycles. The predicted molar refractivity (Wildman–Crippen MR) is 101 cm³/mol. The second kappa shape index (κ2) is 9.38. The number of aryl methyl sites for hydroxylation is 2. The van der Waals surface area contributed by atoms with Crippen molar-refractivity contribution in [2.45, 2.75) is 20.8 Å². The minimum atomic E-state index is -0.439. The van der Waals surface area contributed by atoms with Gasteiger partial charge in [0.1, 0.15) is 5.75 Å². The third-order valence-electron chi connectivity index (χ3n) is 3.53. The Morgan fingerprint density at radius 2 is 1.81 bits per heavy atom. The maximum atomic E-state index is 11.9. The van der Waals surface area contributed by atoms with Crippen LogP contribution in [0.1, 0.15) is 23.6 Å². The Bertz CT molecular complexity index is 861. The van der Waals surface area contributed by atoms with Crippen LogP contribution in [-0.4, -0.2) is 31.8 Å². The third-order valence-corrected chi connectivity index (χ3v) is 3.53. The number of hydrogen-bond donors (Lipinski definition) is 1. The van der Waals surface area contributed by atoms with Gasteiger partial charge in [0.2, 0.25) is 0 Å². The second-order valence-electron chi connectivity index (χ2n) is 5.85. The monoisotopic (exact) mass is 370 g/mol.